The van der Waals surface area contributed by atoms with Gasteiger partial charge in [0.15, 0.2) is 0 Å². The van der Waals surface area contributed by atoms with Crippen molar-refractivity contribution >= 4 is 18.3 Å². The van der Waals surface area contributed by atoms with Gasteiger partial charge < -0.3 is 19.9 Å². The highest BCUT2D eigenvalue weighted by molar-refractivity contribution is 5.85. The normalized spacial score (nSPS) is 11.4. The molecule has 1 aromatic carbocycles. The van der Waals surface area contributed by atoms with Crippen molar-refractivity contribution in [3.05, 3.63) is 48.0 Å². The van der Waals surface area contributed by atoms with Gasteiger partial charge in [0.25, 0.3) is 0 Å². The van der Waals surface area contributed by atoms with E-state index < -0.39 is 0 Å². The molecule has 0 aliphatic rings. The minimum atomic E-state index is -0.295. The second-order valence-corrected chi connectivity index (χ2v) is 4.70. The van der Waals surface area contributed by atoms with Crippen molar-refractivity contribution in [1.82, 2.24) is 20.2 Å². The fourth-order valence-electron chi connectivity index (χ4n) is 2.12. The summed E-state index contributed by atoms with van der Waals surface area (Å²) in [5.41, 5.74) is 0.953. The lowest BCUT2D eigenvalue weighted by atomic mass is 10.1. The van der Waals surface area contributed by atoms with Gasteiger partial charge >= 0.3 is 0 Å². The van der Waals surface area contributed by atoms with E-state index in [0.717, 1.165) is 17.1 Å². The van der Waals surface area contributed by atoms with Crippen LogP contribution in [0.1, 0.15) is 17.4 Å². The number of carbonyl (C=O) groups excluding carboxylic acids is 1. The van der Waals surface area contributed by atoms with E-state index in [1.165, 1.54) is 0 Å². The molecule has 1 unspecified atom stereocenters. The molecule has 2 aromatic rings. The predicted molar refractivity (Wildman–Crippen MR) is 87.4 cm³/mol. The second kappa shape index (κ2) is 8.41. The molecule has 1 heterocycles. The molecule has 0 bridgehead atoms. The molecule has 0 saturated heterocycles. The van der Waals surface area contributed by atoms with Gasteiger partial charge in [-0.25, -0.2) is 4.98 Å². The van der Waals surface area contributed by atoms with Gasteiger partial charge in [-0.2, -0.15) is 0 Å². The third-order valence-electron chi connectivity index (χ3n) is 3.21. The number of amides is 1. The van der Waals surface area contributed by atoms with Crippen LogP contribution in [0, 0.1) is 0 Å². The van der Waals surface area contributed by atoms with Gasteiger partial charge in [-0.05, 0) is 24.7 Å². The number of hydrogen-bond acceptors (Lipinski definition) is 4. The van der Waals surface area contributed by atoms with Gasteiger partial charge in [-0.1, -0.05) is 12.1 Å². The third-order valence-corrected chi connectivity index (χ3v) is 3.21. The van der Waals surface area contributed by atoms with Crippen molar-refractivity contribution in [2.24, 2.45) is 7.05 Å². The Kier molecular flexibility index (Phi) is 6.88. The Labute approximate surface area is 136 Å². The summed E-state index contributed by atoms with van der Waals surface area (Å²) < 4.78 is 7.06. The van der Waals surface area contributed by atoms with Gasteiger partial charge in [-0.3, -0.25) is 4.79 Å². The number of methoxy groups -OCH3 is 1. The zero-order valence-electron chi connectivity index (χ0n) is 12.9. The van der Waals surface area contributed by atoms with Crippen LogP contribution in [0.3, 0.4) is 0 Å². The van der Waals surface area contributed by atoms with Crippen LogP contribution in [0.2, 0.25) is 0 Å². The van der Waals surface area contributed by atoms with E-state index in [4.69, 9.17) is 4.74 Å². The number of rotatable bonds is 6. The number of carbonyl (C=O) groups is 1. The minimum Gasteiger partial charge on any atom is -0.497 e. The summed E-state index contributed by atoms with van der Waals surface area (Å²) in [5, 5.41) is 5.83. The third kappa shape index (κ3) is 4.22. The van der Waals surface area contributed by atoms with Crippen molar-refractivity contribution < 1.29 is 9.53 Å². The number of nitrogens with zero attached hydrogens (tertiary/aromatic N) is 2. The van der Waals surface area contributed by atoms with Crippen molar-refractivity contribution in [3.63, 3.8) is 0 Å². The molecular weight excluding hydrogens is 304 g/mol. The molecule has 1 aromatic heterocycles. The molecule has 6 nitrogen and oxygen atoms in total. The highest BCUT2D eigenvalue weighted by Crippen LogP contribution is 2.22. The van der Waals surface area contributed by atoms with Gasteiger partial charge in [0.2, 0.25) is 5.91 Å². The first-order valence-electron chi connectivity index (χ1n) is 6.71. The maximum atomic E-state index is 11.9. The number of hydrogen-bond donors (Lipinski definition) is 2. The molecule has 7 heteroatoms. The summed E-state index contributed by atoms with van der Waals surface area (Å²) in [6.45, 7) is 0.261. The average Bonchev–Trinajstić information content (AvgIpc) is 2.91. The number of imidazole rings is 1. The van der Waals surface area contributed by atoms with E-state index in [1.54, 1.807) is 20.4 Å². The van der Waals surface area contributed by atoms with Gasteiger partial charge in [-0.15, -0.1) is 12.4 Å². The SMILES string of the molecule is CNCC(=O)NC(c1ccc(OC)cc1)c1nccn1C.Cl. The monoisotopic (exact) mass is 324 g/mol. The number of halogens is 1. The van der Waals surface area contributed by atoms with E-state index in [2.05, 4.69) is 15.6 Å². The molecule has 1 amide bonds. The fourth-order valence-corrected chi connectivity index (χ4v) is 2.12. The lowest BCUT2D eigenvalue weighted by Crippen LogP contribution is -2.36. The van der Waals surface area contributed by atoms with Crippen molar-refractivity contribution in [2.45, 2.75) is 6.04 Å². The zero-order chi connectivity index (χ0) is 15.2. The van der Waals surface area contributed by atoms with E-state index >= 15 is 0 Å². The minimum absolute atomic E-state index is 0. The molecule has 0 saturated carbocycles. The molecule has 120 valence electrons. The predicted octanol–water partition coefficient (Wildman–Crippen LogP) is 1.28. The maximum absolute atomic E-state index is 11.9. The van der Waals surface area contributed by atoms with Gasteiger partial charge in [0, 0.05) is 19.4 Å². The molecule has 2 N–H and O–H groups in total. The number of aromatic nitrogens is 2. The summed E-state index contributed by atoms with van der Waals surface area (Å²) in [5.74, 6) is 1.48. The smallest absolute Gasteiger partial charge is 0.234 e. The summed E-state index contributed by atoms with van der Waals surface area (Å²) >= 11 is 0. The maximum Gasteiger partial charge on any atom is 0.234 e. The van der Waals surface area contributed by atoms with Crippen LogP contribution in [0.4, 0.5) is 0 Å². The number of benzene rings is 1. The van der Waals surface area contributed by atoms with E-state index in [0.29, 0.717) is 0 Å². The van der Waals surface area contributed by atoms with Gasteiger partial charge in [0.05, 0.1) is 13.7 Å². The van der Waals surface area contributed by atoms with Crippen LogP contribution in [-0.4, -0.2) is 36.2 Å². The standard InChI is InChI=1S/C15H20N4O2.ClH/c1-16-10-13(20)18-14(15-17-8-9-19(15)2)11-4-6-12(21-3)7-5-11;/h4-9,14,16H,10H2,1-3H3,(H,18,20);1H. The lowest BCUT2D eigenvalue weighted by Gasteiger charge is -2.19. The summed E-state index contributed by atoms with van der Waals surface area (Å²) in [6, 6.07) is 7.30. The summed E-state index contributed by atoms with van der Waals surface area (Å²) in [4.78, 5) is 16.3. The van der Waals surface area contributed by atoms with Crippen LogP contribution in [0.5, 0.6) is 5.75 Å². The molecular formula is C15H21ClN4O2. The Balaban J connectivity index is 0.00000242. The molecule has 0 radical (unpaired) electrons. The Morgan fingerprint density at radius 2 is 2.05 bits per heavy atom. The highest BCUT2D eigenvalue weighted by atomic mass is 35.5. The molecule has 0 aliphatic heterocycles. The molecule has 0 aliphatic carbocycles. The molecule has 1 atom stereocenters. The average molecular weight is 325 g/mol. The second-order valence-electron chi connectivity index (χ2n) is 4.70. The largest absolute Gasteiger partial charge is 0.497 e. The topological polar surface area (TPSA) is 68.2 Å². The quantitative estimate of drug-likeness (QED) is 0.840. The van der Waals surface area contributed by atoms with Crippen LogP contribution in [-0.2, 0) is 11.8 Å². The van der Waals surface area contributed by atoms with E-state index in [1.807, 2.05) is 42.1 Å². The van der Waals surface area contributed by atoms with Gasteiger partial charge in [0.1, 0.15) is 17.6 Å². The molecule has 0 spiro atoms. The van der Waals surface area contributed by atoms with Crippen molar-refractivity contribution in [3.8, 4) is 5.75 Å². The number of aryl methyl sites for hydroxylation is 1. The van der Waals surface area contributed by atoms with E-state index in [-0.39, 0.29) is 30.9 Å². The van der Waals surface area contributed by atoms with Crippen LogP contribution < -0.4 is 15.4 Å². The molecule has 22 heavy (non-hydrogen) atoms. The van der Waals surface area contributed by atoms with Crippen molar-refractivity contribution in [1.29, 1.82) is 0 Å². The van der Waals surface area contributed by atoms with E-state index in [9.17, 15) is 4.79 Å². The summed E-state index contributed by atoms with van der Waals surface area (Å²) in [6.07, 6.45) is 3.58. The first-order valence-corrected chi connectivity index (χ1v) is 6.71. The Morgan fingerprint density at radius 1 is 1.36 bits per heavy atom. The Hall–Kier alpha value is -2.05. The fraction of sp³-hybridized carbons (Fsp3) is 0.333. The van der Waals surface area contributed by atoms with Crippen LogP contribution in [0.15, 0.2) is 36.7 Å². The lowest BCUT2D eigenvalue weighted by molar-refractivity contribution is -0.120. The first kappa shape index (κ1) is 18.0. The number of likely N-dealkylation sites (N-methyl/N-ethyl adjacent to an activating group) is 1. The molecule has 0 fully saturated rings. The highest BCUT2D eigenvalue weighted by Gasteiger charge is 2.20. The van der Waals surface area contributed by atoms with Crippen LogP contribution in [0.25, 0.3) is 0 Å². The Morgan fingerprint density at radius 3 is 2.55 bits per heavy atom. The van der Waals surface area contributed by atoms with Crippen molar-refractivity contribution in [2.75, 3.05) is 20.7 Å². The first-order chi connectivity index (χ1) is 10.2. The Bertz CT molecular complexity index is 598. The number of nitrogens with one attached hydrogen (secondary N) is 2. The van der Waals surface area contributed by atoms with Crippen LogP contribution >= 0.6 is 12.4 Å². The summed E-state index contributed by atoms with van der Waals surface area (Å²) in [7, 11) is 5.27. The zero-order valence-corrected chi connectivity index (χ0v) is 13.7. The molecule has 2 rings (SSSR count). The number of ether oxygens (including phenoxy) is 1.